The van der Waals surface area contributed by atoms with Crippen LogP contribution in [0.5, 0.6) is 0 Å². The van der Waals surface area contributed by atoms with Crippen LogP contribution in [0.15, 0.2) is 0 Å². The summed E-state index contributed by atoms with van der Waals surface area (Å²) < 4.78 is 20.3. The summed E-state index contributed by atoms with van der Waals surface area (Å²) >= 11 is 5.41. The Balaban J connectivity index is 3.23. The molecule has 0 aromatic rings. The van der Waals surface area contributed by atoms with Crippen molar-refractivity contribution in [1.29, 1.82) is 0 Å². The zero-order valence-electron chi connectivity index (χ0n) is 9.45. The van der Waals surface area contributed by atoms with E-state index in [4.69, 9.17) is 21.0 Å². The lowest BCUT2D eigenvalue weighted by molar-refractivity contribution is 0.154. The van der Waals surface area contributed by atoms with E-state index in [1.54, 1.807) is 6.92 Å². The lowest BCUT2D eigenvalue weighted by atomic mass is 10.4. The second-order valence-electron chi connectivity index (χ2n) is 2.96. The molecule has 0 heterocycles. The van der Waals surface area contributed by atoms with Gasteiger partial charge in [-0.25, -0.2) is 4.57 Å². The summed E-state index contributed by atoms with van der Waals surface area (Å²) in [5.41, 5.74) is 0. The standard InChI is InChI=1S/C8H20ClN2O4P/c1-2-14-16(12,13)15-7-3-4-10-5-6-11-8-9/h10-11H,2-8H2,1H3,(H,12,13). The smallest absolute Gasteiger partial charge is 0.315 e. The lowest BCUT2D eigenvalue weighted by Gasteiger charge is -2.10. The van der Waals surface area contributed by atoms with Crippen LogP contribution in [0.25, 0.3) is 0 Å². The Labute approximate surface area is 101 Å². The van der Waals surface area contributed by atoms with Gasteiger partial charge in [0.05, 0.1) is 19.2 Å². The van der Waals surface area contributed by atoms with Crippen molar-refractivity contribution >= 4 is 19.4 Å². The molecule has 0 amide bonds. The Bertz CT molecular complexity index is 208. The van der Waals surface area contributed by atoms with Crippen LogP contribution in [0.1, 0.15) is 13.3 Å². The zero-order chi connectivity index (χ0) is 12.3. The highest BCUT2D eigenvalue weighted by atomic mass is 35.5. The van der Waals surface area contributed by atoms with Gasteiger partial charge < -0.3 is 15.5 Å². The van der Waals surface area contributed by atoms with Gasteiger partial charge in [0, 0.05) is 13.1 Å². The van der Waals surface area contributed by atoms with Crippen molar-refractivity contribution in [3.63, 3.8) is 0 Å². The third-order valence-corrected chi connectivity index (χ3v) is 2.90. The number of halogens is 1. The third-order valence-electron chi connectivity index (χ3n) is 1.62. The van der Waals surface area contributed by atoms with Crippen molar-refractivity contribution in [2.75, 3.05) is 38.9 Å². The quantitative estimate of drug-likeness (QED) is 0.225. The Morgan fingerprint density at radius 2 is 1.94 bits per heavy atom. The molecule has 0 aliphatic carbocycles. The first-order valence-corrected chi connectivity index (χ1v) is 7.24. The van der Waals surface area contributed by atoms with Crippen LogP contribution in [0.3, 0.4) is 0 Å². The van der Waals surface area contributed by atoms with Crippen LogP contribution >= 0.6 is 19.4 Å². The third kappa shape index (κ3) is 10.8. The second-order valence-corrected chi connectivity index (χ2v) is 4.68. The summed E-state index contributed by atoms with van der Waals surface area (Å²) in [6.07, 6.45) is 0.651. The fourth-order valence-corrected chi connectivity index (χ4v) is 1.84. The van der Waals surface area contributed by atoms with Gasteiger partial charge in [0.1, 0.15) is 0 Å². The molecule has 0 fully saturated rings. The van der Waals surface area contributed by atoms with Crippen molar-refractivity contribution in [3.05, 3.63) is 0 Å². The van der Waals surface area contributed by atoms with E-state index in [0.29, 0.717) is 12.4 Å². The van der Waals surface area contributed by atoms with Crippen LogP contribution in [-0.2, 0) is 13.6 Å². The first kappa shape index (κ1) is 16.3. The number of alkyl halides is 1. The number of nitrogens with one attached hydrogen (secondary N) is 2. The molecule has 0 rings (SSSR count). The molecular formula is C8H20ClN2O4P. The van der Waals surface area contributed by atoms with Crippen LogP contribution in [0.2, 0.25) is 0 Å². The van der Waals surface area contributed by atoms with Crippen molar-refractivity contribution in [3.8, 4) is 0 Å². The molecule has 6 nitrogen and oxygen atoms in total. The van der Waals surface area contributed by atoms with Gasteiger partial charge in [-0.15, -0.1) is 11.6 Å². The van der Waals surface area contributed by atoms with E-state index in [-0.39, 0.29) is 13.2 Å². The minimum absolute atomic E-state index is 0.163. The fraction of sp³-hybridized carbons (Fsp3) is 1.00. The van der Waals surface area contributed by atoms with Crippen LogP contribution in [-0.4, -0.2) is 43.7 Å². The Kier molecular flexibility index (Phi) is 10.7. The topological polar surface area (TPSA) is 79.8 Å². The number of hydrogen-bond donors (Lipinski definition) is 3. The first-order chi connectivity index (χ1) is 7.62. The average molecular weight is 275 g/mol. The van der Waals surface area contributed by atoms with E-state index in [1.807, 2.05) is 0 Å². The molecule has 1 unspecified atom stereocenters. The number of rotatable bonds is 11. The summed E-state index contributed by atoms with van der Waals surface area (Å²) in [6, 6.07) is 0.437. The molecule has 0 aliphatic heterocycles. The minimum atomic E-state index is -3.82. The minimum Gasteiger partial charge on any atom is -0.315 e. The van der Waals surface area contributed by atoms with Gasteiger partial charge >= 0.3 is 7.82 Å². The summed E-state index contributed by atoms with van der Waals surface area (Å²) in [5.74, 6) is 0. The molecule has 8 heteroatoms. The summed E-state index contributed by atoms with van der Waals surface area (Å²) in [4.78, 5) is 9.05. The maximum atomic E-state index is 11.1. The molecule has 0 spiro atoms. The molecule has 0 saturated carbocycles. The van der Waals surface area contributed by atoms with E-state index in [2.05, 4.69) is 15.2 Å². The van der Waals surface area contributed by atoms with Crippen LogP contribution in [0, 0.1) is 0 Å². The summed E-state index contributed by atoms with van der Waals surface area (Å²) in [7, 11) is -3.82. The monoisotopic (exact) mass is 274 g/mol. The van der Waals surface area contributed by atoms with Gasteiger partial charge in [0.2, 0.25) is 0 Å². The van der Waals surface area contributed by atoms with Crippen molar-refractivity contribution in [1.82, 2.24) is 10.6 Å². The molecule has 16 heavy (non-hydrogen) atoms. The molecule has 0 saturated heterocycles. The molecule has 0 aromatic carbocycles. The highest BCUT2D eigenvalue weighted by molar-refractivity contribution is 7.47. The Hall–Kier alpha value is 0.320. The summed E-state index contributed by atoms with van der Waals surface area (Å²) in [5, 5.41) is 6.07. The maximum Gasteiger partial charge on any atom is 0.472 e. The van der Waals surface area contributed by atoms with Crippen LogP contribution in [0.4, 0.5) is 0 Å². The summed E-state index contributed by atoms with van der Waals surface area (Å²) in [6.45, 7) is 4.31. The number of hydrogen-bond acceptors (Lipinski definition) is 5. The Morgan fingerprint density at radius 3 is 2.56 bits per heavy atom. The van der Waals surface area contributed by atoms with Gasteiger partial charge in [-0.05, 0) is 19.9 Å². The lowest BCUT2D eigenvalue weighted by Crippen LogP contribution is -2.27. The number of phosphoric acid groups is 1. The predicted octanol–water partition coefficient (Wildman–Crippen LogP) is 0.906. The average Bonchev–Trinajstić information content (AvgIpc) is 2.22. The Morgan fingerprint density at radius 1 is 1.25 bits per heavy atom. The van der Waals surface area contributed by atoms with Gasteiger partial charge in [0.25, 0.3) is 0 Å². The molecule has 98 valence electrons. The van der Waals surface area contributed by atoms with Gasteiger partial charge in [-0.3, -0.25) is 9.05 Å². The van der Waals surface area contributed by atoms with E-state index in [1.165, 1.54) is 0 Å². The van der Waals surface area contributed by atoms with Gasteiger partial charge in [-0.1, -0.05) is 0 Å². The molecule has 1 atom stereocenters. The van der Waals surface area contributed by atoms with E-state index in [9.17, 15) is 4.57 Å². The normalized spacial score (nSPS) is 14.9. The highest BCUT2D eigenvalue weighted by Gasteiger charge is 2.18. The molecule has 0 bridgehead atoms. The molecule has 0 radical (unpaired) electrons. The molecule has 0 aromatic heterocycles. The largest absolute Gasteiger partial charge is 0.472 e. The molecule has 0 aliphatic rings. The fourth-order valence-electron chi connectivity index (χ4n) is 0.946. The van der Waals surface area contributed by atoms with Gasteiger partial charge in [0.15, 0.2) is 0 Å². The van der Waals surface area contributed by atoms with Crippen molar-refractivity contribution < 1.29 is 18.5 Å². The SMILES string of the molecule is CCOP(=O)(O)OCCCNCCNCCl. The van der Waals surface area contributed by atoms with Crippen molar-refractivity contribution in [2.45, 2.75) is 13.3 Å². The van der Waals surface area contributed by atoms with E-state index >= 15 is 0 Å². The predicted molar refractivity (Wildman–Crippen MR) is 63.6 cm³/mol. The second kappa shape index (κ2) is 10.5. The highest BCUT2D eigenvalue weighted by Crippen LogP contribution is 2.42. The van der Waals surface area contributed by atoms with E-state index in [0.717, 1.165) is 19.6 Å². The van der Waals surface area contributed by atoms with Gasteiger partial charge in [-0.2, -0.15) is 0 Å². The molecular weight excluding hydrogens is 255 g/mol. The first-order valence-electron chi connectivity index (χ1n) is 5.21. The van der Waals surface area contributed by atoms with Crippen LogP contribution < -0.4 is 10.6 Å². The van der Waals surface area contributed by atoms with E-state index < -0.39 is 7.82 Å². The number of phosphoric ester groups is 1. The zero-order valence-corrected chi connectivity index (χ0v) is 11.1. The van der Waals surface area contributed by atoms with Crippen molar-refractivity contribution in [2.24, 2.45) is 0 Å². The molecule has 3 N–H and O–H groups in total. The maximum absolute atomic E-state index is 11.1.